The molecule has 5 rings (SSSR count). The number of aryl methyl sites for hydroxylation is 1. The van der Waals surface area contributed by atoms with E-state index >= 15 is 0 Å². The largest absolute Gasteiger partial charge is 0.418 e. The van der Waals surface area contributed by atoms with Gasteiger partial charge in [-0.2, -0.15) is 13.2 Å². The number of carbonyl (C=O) groups excluding carboxylic acids is 1. The van der Waals surface area contributed by atoms with Gasteiger partial charge in [0.25, 0.3) is 0 Å². The van der Waals surface area contributed by atoms with Crippen molar-refractivity contribution in [2.45, 2.75) is 37.3 Å². The molecule has 2 aliphatic rings. The third kappa shape index (κ3) is 7.77. The number of amides is 1. The van der Waals surface area contributed by atoms with Gasteiger partial charge in [0.05, 0.1) is 5.56 Å². The van der Waals surface area contributed by atoms with E-state index < -0.39 is 11.7 Å². The van der Waals surface area contributed by atoms with Crippen LogP contribution >= 0.6 is 11.8 Å². The fourth-order valence-electron chi connectivity index (χ4n) is 5.62. The van der Waals surface area contributed by atoms with Gasteiger partial charge in [0.2, 0.25) is 5.91 Å². The minimum atomic E-state index is -4.45. The number of nitrogens with zero attached hydrogens (tertiary/aromatic N) is 3. The molecule has 3 aromatic rings. The first-order valence-electron chi connectivity index (χ1n) is 14.6. The number of carbonyl (C=O) groups is 1. The summed E-state index contributed by atoms with van der Waals surface area (Å²) >= 11 is 1.85. The molecule has 0 unspecified atom stereocenters. The van der Waals surface area contributed by atoms with Gasteiger partial charge >= 0.3 is 6.18 Å². The number of piperazine rings is 1. The van der Waals surface area contributed by atoms with Gasteiger partial charge in [-0.3, -0.25) is 9.78 Å². The molecular weight excluding hydrogens is 559 g/mol. The van der Waals surface area contributed by atoms with Crippen molar-refractivity contribution in [1.82, 2.24) is 15.2 Å². The highest BCUT2D eigenvalue weighted by Crippen LogP contribution is 2.38. The third-order valence-corrected chi connectivity index (χ3v) is 9.28. The molecule has 0 aliphatic carbocycles. The molecule has 42 heavy (non-hydrogen) atoms. The molecule has 1 amide bonds. The summed E-state index contributed by atoms with van der Waals surface area (Å²) in [5.41, 5.74) is 3.48. The number of piperidine rings is 1. The number of rotatable bonds is 9. The zero-order valence-corrected chi connectivity index (χ0v) is 24.7. The lowest BCUT2D eigenvalue weighted by molar-refractivity contribution is -0.137. The predicted octanol–water partition coefficient (Wildman–Crippen LogP) is 6.32. The highest BCUT2D eigenvalue weighted by Gasteiger charge is 2.35. The number of hydrogen-bond acceptors (Lipinski definition) is 6. The van der Waals surface area contributed by atoms with E-state index in [2.05, 4.69) is 52.9 Å². The van der Waals surface area contributed by atoms with Crippen LogP contribution in [-0.2, 0) is 11.0 Å². The monoisotopic (exact) mass is 597 g/mol. The molecule has 0 radical (unpaired) electrons. The Morgan fingerprint density at radius 1 is 1.07 bits per heavy atom. The summed E-state index contributed by atoms with van der Waals surface area (Å²) in [5, 5.41) is 6.21. The van der Waals surface area contributed by atoms with E-state index in [9.17, 15) is 18.0 Å². The molecule has 0 spiro atoms. The minimum absolute atomic E-state index is 0.0398. The number of benzene rings is 2. The first-order valence-corrected chi connectivity index (χ1v) is 15.6. The van der Waals surface area contributed by atoms with Crippen molar-refractivity contribution in [3.8, 4) is 11.1 Å². The molecule has 2 fully saturated rings. The maximum absolute atomic E-state index is 13.8. The average molecular weight is 598 g/mol. The highest BCUT2D eigenvalue weighted by molar-refractivity contribution is 7.99. The number of pyridine rings is 1. The summed E-state index contributed by atoms with van der Waals surface area (Å²) in [7, 11) is 0. The Morgan fingerprint density at radius 2 is 1.86 bits per heavy atom. The molecule has 224 valence electrons. The average Bonchev–Trinajstić information content (AvgIpc) is 3.00. The second-order valence-electron chi connectivity index (χ2n) is 11.0. The molecule has 10 heteroatoms. The number of aromatic nitrogens is 1. The van der Waals surface area contributed by atoms with Crippen molar-refractivity contribution in [2.75, 3.05) is 61.8 Å². The summed E-state index contributed by atoms with van der Waals surface area (Å²) in [6.07, 6.45) is 1.45. The summed E-state index contributed by atoms with van der Waals surface area (Å²) in [5.74, 6) is 1.54. The van der Waals surface area contributed by atoms with Crippen LogP contribution in [0.3, 0.4) is 0 Å². The molecule has 2 saturated heterocycles. The zero-order valence-electron chi connectivity index (χ0n) is 23.9. The molecule has 0 saturated carbocycles. The van der Waals surface area contributed by atoms with Crippen molar-refractivity contribution < 1.29 is 18.0 Å². The Balaban J connectivity index is 1.08. The Kier molecular flexibility index (Phi) is 9.95. The summed E-state index contributed by atoms with van der Waals surface area (Å²) < 4.78 is 41.5. The lowest BCUT2D eigenvalue weighted by Crippen LogP contribution is -2.44. The van der Waals surface area contributed by atoms with Gasteiger partial charge in [-0.1, -0.05) is 29.8 Å². The number of likely N-dealkylation sites (tertiary alicyclic amines) is 1. The molecule has 6 nitrogen and oxygen atoms in total. The van der Waals surface area contributed by atoms with E-state index in [-0.39, 0.29) is 18.0 Å². The Bertz CT molecular complexity index is 1350. The van der Waals surface area contributed by atoms with Crippen LogP contribution in [0.5, 0.6) is 0 Å². The van der Waals surface area contributed by atoms with Crippen molar-refractivity contribution in [2.24, 2.45) is 5.92 Å². The highest BCUT2D eigenvalue weighted by atomic mass is 32.2. The van der Waals surface area contributed by atoms with Crippen LogP contribution in [-0.4, -0.2) is 67.4 Å². The summed E-state index contributed by atoms with van der Waals surface area (Å²) in [6.45, 7) is 6.21. The van der Waals surface area contributed by atoms with Crippen molar-refractivity contribution in [3.63, 3.8) is 0 Å². The quantitative estimate of drug-likeness (QED) is 0.282. The number of hydrogen-bond donors (Lipinski definition) is 2. The first kappa shape index (κ1) is 30.2. The first-order chi connectivity index (χ1) is 20.3. The van der Waals surface area contributed by atoms with Crippen LogP contribution in [0.25, 0.3) is 11.1 Å². The van der Waals surface area contributed by atoms with Crippen LogP contribution in [0.1, 0.15) is 30.4 Å². The Hall–Kier alpha value is -3.24. The number of halogens is 3. The van der Waals surface area contributed by atoms with Gasteiger partial charge in [0.1, 0.15) is 0 Å². The molecular formula is C32H38F3N5OS. The van der Waals surface area contributed by atoms with Crippen LogP contribution in [0, 0.1) is 12.8 Å². The van der Waals surface area contributed by atoms with Crippen molar-refractivity contribution in [1.29, 1.82) is 0 Å². The van der Waals surface area contributed by atoms with E-state index in [1.165, 1.54) is 22.1 Å². The standard InChI is InChI=1S/C32H38F3N5OS/c1-23-3-2-4-25(19-23)27-21-37-11-7-30(27)42-22-24-9-15-40(16-10-24)31(41)8-12-38-26-5-6-29(28(20-26)32(33,34)35)39-17-13-36-14-18-39/h2-7,11,19-21,24,36,38H,8-10,12-18,22H2,1H3. The molecule has 0 bridgehead atoms. The normalized spacial score (nSPS) is 16.5. The number of thioether (sulfide) groups is 1. The van der Waals surface area contributed by atoms with Gasteiger partial charge in [0.15, 0.2) is 0 Å². The Morgan fingerprint density at radius 3 is 2.60 bits per heavy atom. The maximum Gasteiger partial charge on any atom is 0.418 e. The van der Waals surface area contributed by atoms with Gasteiger partial charge in [-0.25, -0.2) is 0 Å². The van der Waals surface area contributed by atoms with E-state index in [1.807, 2.05) is 29.1 Å². The maximum atomic E-state index is 13.8. The fourth-order valence-corrected chi connectivity index (χ4v) is 6.85. The van der Waals surface area contributed by atoms with Crippen molar-refractivity contribution >= 4 is 29.0 Å². The van der Waals surface area contributed by atoms with Crippen molar-refractivity contribution in [3.05, 3.63) is 72.1 Å². The minimum Gasteiger partial charge on any atom is -0.385 e. The van der Waals surface area contributed by atoms with Gasteiger partial charge in [0, 0.05) is 92.2 Å². The lowest BCUT2D eigenvalue weighted by atomic mass is 9.99. The van der Waals surface area contributed by atoms with E-state index in [4.69, 9.17) is 0 Å². The molecule has 2 N–H and O–H groups in total. The predicted molar refractivity (Wildman–Crippen MR) is 164 cm³/mol. The molecule has 0 atom stereocenters. The van der Waals surface area contributed by atoms with Crippen LogP contribution < -0.4 is 15.5 Å². The number of anilines is 2. The van der Waals surface area contributed by atoms with Crippen LogP contribution in [0.4, 0.5) is 24.5 Å². The number of alkyl halides is 3. The lowest BCUT2D eigenvalue weighted by Gasteiger charge is -2.32. The second kappa shape index (κ2) is 13.8. The Labute approximate surface area is 250 Å². The topological polar surface area (TPSA) is 60.5 Å². The van der Waals surface area contributed by atoms with Crippen LogP contribution in [0.15, 0.2) is 65.8 Å². The molecule has 1 aromatic heterocycles. The van der Waals surface area contributed by atoms with Gasteiger partial charge in [-0.05, 0) is 55.5 Å². The second-order valence-corrected chi connectivity index (χ2v) is 12.1. The third-order valence-electron chi connectivity index (χ3n) is 7.98. The molecule has 2 aliphatic heterocycles. The van der Waals surface area contributed by atoms with Gasteiger partial charge < -0.3 is 20.4 Å². The van der Waals surface area contributed by atoms with Gasteiger partial charge in [-0.15, -0.1) is 11.8 Å². The van der Waals surface area contributed by atoms with E-state index in [0.717, 1.165) is 30.2 Å². The smallest absolute Gasteiger partial charge is 0.385 e. The number of nitrogens with one attached hydrogen (secondary N) is 2. The SMILES string of the molecule is Cc1cccc(-c2cnccc2SCC2CCN(C(=O)CCNc3ccc(N4CCNCC4)c(C(F)(F)F)c3)CC2)c1. The zero-order chi connectivity index (χ0) is 29.5. The van der Waals surface area contributed by atoms with E-state index in [0.29, 0.717) is 57.4 Å². The van der Waals surface area contributed by atoms with E-state index in [1.54, 1.807) is 11.0 Å². The summed E-state index contributed by atoms with van der Waals surface area (Å²) in [4.78, 5) is 22.1. The molecule has 2 aromatic carbocycles. The molecule has 3 heterocycles. The fraction of sp³-hybridized carbons (Fsp3) is 0.438. The van der Waals surface area contributed by atoms with Crippen LogP contribution in [0.2, 0.25) is 0 Å². The summed E-state index contributed by atoms with van der Waals surface area (Å²) in [6, 6.07) is 14.9.